The Labute approximate surface area is 402 Å². The van der Waals surface area contributed by atoms with Gasteiger partial charge in [0, 0.05) is 19.3 Å². The van der Waals surface area contributed by atoms with Crippen LogP contribution < -0.4 is 0 Å². The zero-order chi connectivity index (χ0) is 47.2. The lowest BCUT2D eigenvalue weighted by atomic mass is 10.0. The maximum atomic E-state index is 12.8. The van der Waals surface area contributed by atoms with Gasteiger partial charge >= 0.3 is 17.9 Å². The summed E-state index contributed by atoms with van der Waals surface area (Å²) in [6.45, 7) is 6.46. The van der Waals surface area contributed by atoms with Gasteiger partial charge in [0.25, 0.3) is 0 Å². The van der Waals surface area contributed by atoms with Crippen LogP contribution in [0.5, 0.6) is 0 Å². The van der Waals surface area contributed by atoms with Crippen LogP contribution in [0.4, 0.5) is 0 Å². The molecule has 0 aliphatic rings. The number of hydrogen-bond donors (Lipinski definition) is 0. The summed E-state index contributed by atoms with van der Waals surface area (Å²) in [7, 11) is 0. The molecule has 1 unspecified atom stereocenters. The molecule has 374 valence electrons. The first-order chi connectivity index (χ1) is 32.0. The predicted octanol–water partition coefficient (Wildman–Crippen LogP) is 18.2. The van der Waals surface area contributed by atoms with Crippen LogP contribution in [0.1, 0.15) is 265 Å². The van der Waals surface area contributed by atoms with E-state index >= 15 is 0 Å². The summed E-state index contributed by atoms with van der Waals surface area (Å²) in [6, 6.07) is 0. The number of carbonyl (C=O) groups is 3. The minimum Gasteiger partial charge on any atom is -0.462 e. The van der Waals surface area contributed by atoms with Gasteiger partial charge in [-0.15, -0.1) is 0 Å². The number of ether oxygens (including phenoxy) is 3. The number of unbranched alkanes of at least 4 members (excludes halogenated alkanes) is 26. The van der Waals surface area contributed by atoms with E-state index in [1.807, 2.05) is 12.2 Å². The SMILES string of the molecule is CC/C=C\C/C=C\C/C=C\C/C=C\C/C=C\CCC(=O)OC(COC(=O)CCCCC/C=C\CCCCCCCC)COC(=O)CCCCCCCCCCCCCCCCCCCC. The van der Waals surface area contributed by atoms with Gasteiger partial charge in [-0.3, -0.25) is 14.4 Å². The molecule has 6 nitrogen and oxygen atoms in total. The van der Waals surface area contributed by atoms with Crippen molar-refractivity contribution < 1.29 is 28.6 Å². The number of carbonyl (C=O) groups excluding carboxylic acids is 3. The summed E-state index contributed by atoms with van der Waals surface area (Å²) in [6.07, 6.45) is 67.6. The van der Waals surface area contributed by atoms with Gasteiger partial charge < -0.3 is 14.2 Å². The van der Waals surface area contributed by atoms with Gasteiger partial charge in [0.2, 0.25) is 0 Å². The molecule has 0 radical (unpaired) electrons. The third-order valence-corrected chi connectivity index (χ3v) is 11.7. The van der Waals surface area contributed by atoms with E-state index in [0.29, 0.717) is 19.3 Å². The minimum atomic E-state index is -0.819. The molecule has 65 heavy (non-hydrogen) atoms. The van der Waals surface area contributed by atoms with E-state index in [4.69, 9.17) is 14.2 Å². The van der Waals surface area contributed by atoms with E-state index in [0.717, 1.165) is 83.5 Å². The van der Waals surface area contributed by atoms with Crippen LogP contribution in [-0.2, 0) is 28.6 Å². The van der Waals surface area contributed by atoms with Gasteiger partial charge in [0.05, 0.1) is 0 Å². The quantitative estimate of drug-likeness (QED) is 0.0262. The molecule has 0 aliphatic heterocycles. The molecule has 0 aromatic carbocycles. The first kappa shape index (κ1) is 61.9. The number of rotatable bonds is 49. The Morgan fingerprint density at radius 3 is 1.02 bits per heavy atom. The van der Waals surface area contributed by atoms with E-state index in [-0.39, 0.29) is 31.6 Å². The van der Waals surface area contributed by atoms with Crippen molar-refractivity contribution in [2.75, 3.05) is 13.2 Å². The van der Waals surface area contributed by atoms with Crippen molar-refractivity contribution in [2.45, 2.75) is 271 Å². The fraction of sp³-hybridized carbons (Fsp3) is 0.746. The second-order valence-electron chi connectivity index (χ2n) is 18.1. The van der Waals surface area contributed by atoms with Crippen molar-refractivity contribution in [3.8, 4) is 0 Å². The fourth-order valence-electron chi connectivity index (χ4n) is 7.60. The molecule has 0 rings (SSSR count). The zero-order valence-corrected chi connectivity index (χ0v) is 42.7. The molecule has 0 N–H and O–H groups in total. The molecule has 1 atom stereocenters. The average Bonchev–Trinajstić information content (AvgIpc) is 3.30. The normalized spacial score (nSPS) is 12.6. The molecule has 0 spiro atoms. The third kappa shape index (κ3) is 51.7. The molecule has 0 heterocycles. The molecule has 0 bridgehead atoms. The van der Waals surface area contributed by atoms with Crippen molar-refractivity contribution in [1.82, 2.24) is 0 Å². The molecule has 0 saturated carbocycles. The largest absolute Gasteiger partial charge is 0.462 e. The van der Waals surface area contributed by atoms with Crippen LogP contribution in [0.2, 0.25) is 0 Å². The lowest BCUT2D eigenvalue weighted by Crippen LogP contribution is -2.30. The maximum Gasteiger partial charge on any atom is 0.306 e. The Hall–Kier alpha value is -3.15. The first-order valence-corrected chi connectivity index (χ1v) is 27.4. The highest BCUT2D eigenvalue weighted by molar-refractivity contribution is 5.71. The third-order valence-electron chi connectivity index (χ3n) is 11.7. The Bertz CT molecular complexity index is 1230. The van der Waals surface area contributed by atoms with Gasteiger partial charge in [-0.05, 0) is 77.0 Å². The Morgan fingerprint density at radius 1 is 0.323 bits per heavy atom. The van der Waals surface area contributed by atoms with Crippen molar-refractivity contribution in [3.05, 3.63) is 72.9 Å². The van der Waals surface area contributed by atoms with E-state index in [1.165, 1.54) is 135 Å². The first-order valence-electron chi connectivity index (χ1n) is 27.4. The standard InChI is InChI=1S/C59H102O6/c1-4-7-10-13-16-19-22-25-27-29-30-32-34-37-40-43-46-49-52-58(61)64-55-56(54-63-57(60)51-48-45-42-39-36-33-24-21-18-15-12-9-6-3)65-59(62)53-50-47-44-41-38-35-31-28-26-23-20-17-14-11-8-5-2/h8,11,17,20,26,28,33,35-36,38,44,47,56H,4-7,9-10,12-16,18-19,21-25,27,29-32,34,37,39-43,45-46,48-55H2,1-3H3/b11-8-,20-17-,28-26-,36-33-,38-35-,47-44-. The van der Waals surface area contributed by atoms with Crippen LogP contribution in [0.15, 0.2) is 72.9 Å². The lowest BCUT2D eigenvalue weighted by Gasteiger charge is -2.18. The molecule has 6 heteroatoms. The summed E-state index contributed by atoms with van der Waals surface area (Å²) in [5.41, 5.74) is 0. The van der Waals surface area contributed by atoms with Crippen molar-refractivity contribution in [1.29, 1.82) is 0 Å². The van der Waals surface area contributed by atoms with Gasteiger partial charge in [-0.25, -0.2) is 0 Å². The van der Waals surface area contributed by atoms with Crippen LogP contribution in [-0.4, -0.2) is 37.2 Å². The molecular formula is C59H102O6. The van der Waals surface area contributed by atoms with E-state index in [2.05, 4.69) is 81.5 Å². The maximum absolute atomic E-state index is 12.8. The van der Waals surface area contributed by atoms with Crippen molar-refractivity contribution in [3.63, 3.8) is 0 Å². The highest BCUT2D eigenvalue weighted by Gasteiger charge is 2.19. The van der Waals surface area contributed by atoms with Gasteiger partial charge in [-0.2, -0.15) is 0 Å². The Balaban J connectivity index is 4.46. The van der Waals surface area contributed by atoms with Crippen LogP contribution >= 0.6 is 0 Å². The van der Waals surface area contributed by atoms with Gasteiger partial charge in [-0.1, -0.05) is 241 Å². The summed E-state index contributed by atoms with van der Waals surface area (Å²) in [5.74, 6) is -1.00. The fourth-order valence-corrected chi connectivity index (χ4v) is 7.60. The van der Waals surface area contributed by atoms with Gasteiger partial charge in [0.1, 0.15) is 13.2 Å². The molecule has 0 aromatic heterocycles. The second-order valence-corrected chi connectivity index (χ2v) is 18.1. The van der Waals surface area contributed by atoms with Crippen molar-refractivity contribution >= 4 is 17.9 Å². The lowest BCUT2D eigenvalue weighted by molar-refractivity contribution is -0.166. The molecule has 0 aromatic rings. The zero-order valence-electron chi connectivity index (χ0n) is 42.7. The van der Waals surface area contributed by atoms with E-state index in [9.17, 15) is 14.4 Å². The topological polar surface area (TPSA) is 78.9 Å². The average molecular weight is 907 g/mol. The molecular weight excluding hydrogens is 805 g/mol. The summed E-state index contributed by atoms with van der Waals surface area (Å²) in [5, 5.41) is 0. The number of esters is 3. The molecule has 0 amide bonds. The Morgan fingerprint density at radius 2 is 0.631 bits per heavy atom. The van der Waals surface area contributed by atoms with E-state index < -0.39 is 12.1 Å². The van der Waals surface area contributed by atoms with Crippen LogP contribution in [0.3, 0.4) is 0 Å². The number of allylic oxidation sites excluding steroid dienone is 12. The van der Waals surface area contributed by atoms with E-state index in [1.54, 1.807) is 0 Å². The molecule has 0 saturated heterocycles. The highest BCUT2D eigenvalue weighted by atomic mass is 16.6. The summed E-state index contributed by atoms with van der Waals surface area (Å²) in [4.78, 5) is 38.0. The number of hydrogen-bond acceptors (Lipinski definition) is 6. The van der Waals surface area contributed by atoms with Crippen molar-refractivity contribution in [2.24, 2.45) is 0 Å². The van der Waals surface area contributed by atoms with Gasteiger partial charge in [0.15, 0.2) is 6.10 Å². The Kier molecular flexibility index (Phi) is 50.9. The monoisotopic (exact) mass is 907 g/mol. The smallest absolute Gasteiger partial charge is 0.306 e. The summed E-state index contributed by atoms with van der Waals surface area (Å²) >= 11 is 0. The highest BCUT2D eigenvalue weighted by Crippen LogP contribution is 2.16. The van der Waals surface area contributed by atoms with Crippen LogP contribution in [0.25, 0.3) is 0 Å². The molecule has 0 fully saturated rings. The summed E-state index contributed by atoms with van der Waals surface area (Å²) < 4.78 is 16.7. The minimum absolute atomic E-state index is 0.107. The molecule has 0 aliphatic carbocycles. The second kappa shape index (κ2) is 53.5. The van der Waals surface area contributed by atoms with Crippen LogP contribution in [0, 0.1) is 0 Å². The predicted molar refractivity (Wildman–Crippen MR) is 279 cm³/mol.